The van der Waals surface area contributed by atoms with Crippen molar-refractivity contribution in [2.45, 2.75) is 13.0 Å². The van der Waals surface area contributed by atoms with Crippen LogP contribution >= 0.6 is 15.9 Å². The lowest BCUT2D eigenvalue weighted by molar-refractivity contribution is 0.160. The Hall–Kier alpha value is -1.000. The quantitative estimate of drug-likeness (QED) is 0.899. The number of hydrogen-bond donors (Lipinski definition) is 1. The molecule has 1 atom stereocenters. The molecule has 0 aromatic carbocycles. The number of furan rings is 2. The maximum Gasteiger partial charge on any atom is 0.170 e. The van der Waals surface area contributed by atoms with Gasteiger partial charge in [0.05, 0.1) is 10.7 Å². The summed E-state index contributed by atoms with van der Waals surface area (Å²) >= 11 is 3.28. The monoisotopic (exact) mass is 256 g/mol. The molecule has 0 bridgehead atoms. The lowest BCUT2D eigenvalue weighted by Crippen LogP contribution is -1.96. The van der Waals surface area contributed by atoms with Crippen molar-refractivity contribution in [3.05, 3.63) is 46.2 Å². The smallest absolute Gasteiger partial charge is 0.170 e. The largest absolute Gasteiger partial charge is 0.465 e. The van der Waals surface area contributed by atoms with Gasteiger partial charge in [-0.15, -0.1) is 0 Å². The van der Waals surface area contributed by atoms with E-state index in [4.69, 9.17) is 8.83 Å². The van der Waals surface area contributed by atoms with Crippen molar-refractivity contribution < 1.29 is 13.9 Å². The molecule has 0 aliphatic carbocycles. The molecule has 2 heterocycles. The predicted octanol–water partition coefficient (Wildman–Crippen LogP) is 3.03. The Bertz CT molecular complexity index is 430. The Morgan fingerprint density at radius 1 is 1.36 bits per heavy atom. The normalized spacial score (nSPS) is 13.1. The minimum Gasteiger partial charge on any atom is -0.465 e. The molecule has 0 saturated heterocycles. The number of aryl methyl sites for hydroxylation is 1. The second-order valence-electron chi connectivity index (χ2n) is 2.98. The van der Waals surface area contributed by atoms with Crippen molar-refractivity contribution in [2.75, 3.05) is 0 Å². The molecule has 0 aliphatic heterocycles. The summed E-state index contributed by atoms with van der Waals surface area (Å²) in [6, 6.07) is 5.26. The first-order valence-electron chi connectivity index (χ1n) is 4.16. The van der Waals surface area contributed by atoms with E-state index in [1.807, 2.05) is 6.92 Å². The van der Waals surface area contributed by atoms with E-state index < -0.39 is 6.10 Å². The summed E-state index contributed by atoms with van der Waals surface area (Å²) in [6.07, 6.45) is 0.659. The van der Waals surface area contributed by atoms with E-state index in [1.54, 1.807) is 18.2 Å². The van der Waals surface area contributed by atoms with Gasteiger partial charge < -0.3 is 13.9 Å². The molecule has 0 spiro atoms. The number of aliphatic hydroxyl groups excluding tert-OH is 1. The summed E-state index contributed by atoms with van der Waals surface area (Å²) in [5, 5.41) is 9.86. The Morgan fingerprint density at radius 3 is 2.64 bits per heavy atom. The second kappa shape index (κ2) is 3.63. The molecule has 0 aliphatic rings. The zero-order valence-corrected chi connectivity index (χ0v) is 9.11. The fourth-order valence-corrected chi connectivity index (χ4v) is 1.65. The van der Waals surface area contributed by atoms with Crippen LogP contribution in [-0.4, -0.2) is 5.11 Å². The maximum atomic E-state index is 9.86. The zero-order valence-electron chi connectivity index (χ0n) is 7.53. The third-order valence-corrected chi connectivity index (χ3v) is 2.58. The van der Waals surface area contributed by atoms with Gasteiger partial charge in [0.25, 0.3) is 0 Å². The van der Waals surface area contributed by atoms with E-state index in [2.05, 4.69) is 15.9 Å². The number of hydrogen-bond acceptors (Lipinski definition) is 3. The highest BCUT2D eigenvalue weighted by atomic mass is 79.9. The van der Waals surface area contributed by atoms with Crippen LogP contribution < -0.4 is 0 Å². The van der Waals surface area contributed by atoms with Gasteiger partial charge in [-0.3, -0.25) is 0 Å². The van der Waals surface area contributed by atoms with Gasteiger partial charge in [0.15, 0.2) is 11.9 Å². The van der Waals surface area contributed by atoms with Crippen molar-refractivity contribution in [1.82, 2.24) is 0 Å². The van der Waals surface area contributed by atoms with Gasteiger partial charge in [-0.05, 0) is 41.1 Å². The molecule has 1 unspecified atom stereocenters. The molecular formula is C10H9BrO3. The molecule has 1 N–H and O–H groups in total. The van der Waals surface area contributed by atoms with Gasteiger partial charge >= 0.3 is 0 Å². The minimum atomic E-state index is -0.854. The molecule has 3 nitrogen and oxygen atoms in total. The lowest BCUT2D eigenvalue weighted by Gasteiger charge is -2.04. The lowest BCUT2D eigenvalue weighted by atomic mass is 10.2. The highest BCUT2D eigenvalue weighted by Gasteiger charge is 2.19. The van der Waals surface area contributed by atoms with Crippen LogP contribution in [0.15, 0.2) is 37.8 Å². The maximum absolute atomic E-state index is 9.86. The molecule has 0 amide bonds. The van der Waals surface area contributed by atoms with Crippen molar-refractivity contribution in [3.63, 3.8) is 0 Å². The van der Waals surface area contributed by atoms with Crippen LogP contribution in [0.25, 0.3) is 0 Å². The SMILES string of the molecule is Cc1ccc(C(O)c2occc2Br)o1. The van der Waals surface area contributed by atoms with Crippen LogP contribution in [0.5, 0.6) is 0 Å². The van der Waals surface area contributed by atoms with Crippen molar-refractivity contribution >= 4 is 15.9 Å². The number of aliphatic hydroxyl groups is 1. The first-order chi connectivity index (χ1) is 6.68. The van der Waals surface area contributed by atoms with Gasteiger partial charge in [0.2, 0.25) is 0 Å². The molecule has 2 aromatic heterocycles. The minimum absolute atomic E-state index is 0.458. The fraction of sp³-hybridized carbons (Fsp3) is 0.200. The van der Waals surface area contributed by atoms with E-state index in [1.165, 1.54) is 6.26 Å². The third kappa shape index (κ3) is 1.63. The number of rotatable bonds is 2. The summed E-state index contributed by atoms with van der Waals surface area (Å²) in [6.45, 7) is 1.83. The topological polar surface area (TPSA) is 46.5 Å². The summed E-state index contributed by atoms with van der Waals surface area (Å²) in [7, 11) is 0. The summed E-state index contributed by atoms with van der Waals surface area (Å²) in [5.74, 6) is 1.71. The van der Waals surface area contributed by atoms with E-state index in [0.717, 1.165) is 10.2 Å². The van der Waals surface area contributed by atoms with E-state index >= 15 is 0 Å². The number of halogens is 1. The van der Waals surface area contributed by atoms with Crippen LogP contribution in [0.4, 0.5) is 0 Å². The highest BCUT2D eigenvalue weighted by molar-refractivity contribution is 9.10. The van der Waals surface area contributed by atoms with Crippen molar-refractivity contribution in [2.24, 2.45) is 0 Å². The van der Waals surface area contributed by atoms with E-state index in [0.29, 0.717) is 11.5 Å². The van der Waals surface area contributed by atoms with Gasteiger partial charge in [-0.1, -0.05) is 0 Å². The third-order valence-electron chi connectivity index (χ3n) is 1.92. The molecular weight excluding hydrogens is 248 g/mol. The Balaban J connectivity index is 2.33. The standard InChI is InChI=1S/C10H9BrO3/c1-6-2-3-8(14-6)9(12)10-7(11)4-5-13-10/h2-5,9,12H,1H3. The van der Waals surface area contributed by atoms with Crippen molar-refractivity contribution in [1.29, 1.82) is 0 Å². The van der Waals surface area contributed by atoms with Gasteiger partial charge in [0, 0.05) is 0 Å². The first kappa shape index (κ1) is 9.55. The molecule has 2 aromatic rings. The Kier molecular flexibility index (Phi) is 2.48. The van der Waals surface area contributed by atoms with Crippen LogP contribution in [0, 0.1) is 6.92 Å². The molecule has 14 heavy (non-hydrogen) atoms. The van der Waals surface area contributed by atoms with Crippen LogP contribution in [0.2, 0.25) is 0 Å². The summed E-state index contributed by atoms with van der Waals surface area (Å²) in [5.41, 5.74) is 0. The average Bonchev–Trinajstić information content (AvgIpc) is 2.73. The van der Waals surface area contributed by atoms with E-state index in [-0.39, 0.29) is 0 Å². The highest BCUT2D eigenvalue weighted by Crippen LogP contribution is 2.30. The first-order valence-corrected chi connectivity index (χ1v) is 4.95. The Labute approximate surface area is 89.5 Å². The van der Waals surface area contributed by atoms with Crippen LogP contribution in [0.1, 0.15) is 23.4 Å². The van der Waals surface area contributed by atoms with Gasteiger partial charge in [0.1, 0.15) is 11.5 Å². The van der Waals surface area contributed by atoms with Gasteiger partial charge in [-0.25, -0.2) is 0 Å². The zero-order chi connectivity index (χ0) is 10.1. The fourth-order valence-electron chi connectivity index (χ4n) is 1.23. The predicted molar refractivity (Wildman–Crippen MR) is 53.9 cm³/mol. The van der Waals surface area contributed by atoms with Crippen LogP contribution in [-0.2, 0) is 0 Å². The molecule has 0 radical (unpaired) electrons. The molecule has 0 saturated carbocycles. The summed E-state index contributed by atoms with van der Waals surface area (Å²) in [4.78, 5) is 0. The second-order valence-corrected chi connectivity index (χ2v) is 3.84. The Morgan fingerprint density at radius 2 is 2.14 bits per heavy atom. The molecule has 0 fully saturated rings. The molecule has 4 heteroatoms. The van der Waals surface area contributed by atoms with Gasteiger partial charge in [-0.2, -0.15) is 0 Å². The van der Waals surface area contributed by atoms with E-state index in [9.17, 15) is 5.11 Å². The molecule has 74 valence electrons. The average molecular weight is 257 g/mol. The molecule has 2 rings (SSSR count). The van der Waals surface area contributed by atoms with Crippen molar-refractivity contribution in [3.8, 4) is 0 Å². The van der Waals surface area contributed by atoms with Crippen LogP contribution in [0.3, 0.4) is 0 Å². The summed E-state index contributed by atoms with van der Waals surface area (Å²) < 4.78 is 11.2.